The molecule has 1 amide bonds. The Morgan fingerprint density at radius 3 is 2.93 bits per heavy atom. The van der Waals surface area contributed by atoms with Crippen LogP contribution in [0.1, 0.15) is 40.6 Å². The monoisotopic (exact) mass is 364 g/mol. The van der Waals surface area contributed by atoms with Gasteiger partial charge < -0.3 is 9.88 Å². The number of hydrogen-bond donors (Lipinski definition) is 1. The first-order valence-corrected chi connectivity index (χ1v) is 8.93. The summed E-state index contributed by atoms with van der Waals surface area (Å²) >= 11 is 0. The molecule has 3 heterocycles. The van der Waals surface area contributed by atoms with Gasteiger partial charge in [-0.1, -0.05) is 12.1 Å². The van der Waals surface area contributed by atoms with Crippen molar-refractivity contribution in [2.45, 2.75) is 25.7 Å². The Morgan fingerprint density at radius 2 is 2.15 bits per heavy atom. The number of amides is 1. The summed E-state index contributed by atoms with van der Waals surface area (Å²) in [5, 5.41) is 4.14. The number of piperidine rings is 1. The van der Waals surface area contributed by atoms with Crippen molar-refractivity contribution in [3.63, 3.8) is 0 Å². The Morgan fingerprint density at radius 1 is 1.30 bits per heavy atom. The van der Waals surface area contributed by atoms with E-state index in [0.29, 0.717) is 30.2 Å². The topological polar surface area (TPSA) is 96.8 Å². The number of aromatic nitrogens is 5. The summed E-state index contributed by atoms with van der Waals surface area (Å²) < 4.78 is 1.59. The van der Waals surface area contributed by atoms with Crippen LogP contribution in [0.25, 0.3) is 5.69 Å². The van der Waals surface area contributed by atoms with Gasteiger partial charge in [0.25, 0.3) is 11.5 Å². The highest BCUT2D eigenvalue weighted by Crippen LogP contribution is 2.27. The molecule has 8 nitrogen and oxygen atoms in total. The molecule has 1 aliphatic rings. The van der Waals surface area contributed by atoms with Crippen molar-refractivity contribution < 1.29 is 4.79 Å². The smallest absolute Gasteiger partial charge is 0.256 e. The minimum Gasteiger partial charge on any atom is -0.338 e. The number of para-hydroxylation sites is 1. The number of benzene rings is 1. The number of rotatable bonds is 3. The van der Waals surface area contributed by atoms with Crippen molar-refractivity contribution in [1.29, 1.82) is 0 Å². The average molecular weight is 364 g/mol. The molecule has 0 radical (unpaired) electrons. The molecule has 3 aromatic rings. The molecule has 138 valence electrons. The average Bonchev–Trinajstić information content (AvgIpc) is 3.21. The molecule has 1 aliphatic heterocycles. The van der Waals surface area contributed by atoms with Gasteiger partial charge >= 0.3 is 0 Å². The summed E-state index contributed by atoms with van der Waals surface area (Å²) in [6.07, 6.45) is 4.80. The van der Waals surface area contributed by atoms with Crippen molar-refractivity contribution >= 4 is 5.91 Å². The molecule has 2 aromatic heterocycles. The number of aryl methyl sites for hydroxylation is 1. The van der Waals surface area contributed by atoms with Crippen LogP contribution < -0.4 is 5.56 Å². The molecule has 1 fully saturated rings. The van der Waals surface area contributed by atoms with E-state index in [0.717, 1.165) is 18.5 Å². The van der Waals surface area contributed by atoms with Gasteiger partial charge in [0.15, 0.2) is 0 Å². The van der Waals surface area contributed by atoms with Crippen LogP contribution in [0.5, 0.6) is 0 Å². The largest absolute Gasteiger partial charge is 0.338 e. The minimum atomic E-state index is -0.155. The Kier molecular flexibility index (Phi) is 4.53. The summed E-state index contributed by atoms with van der Waals surface area (Å²) in [6.45, 7) is 2.99. The Bertz CT molecular complexity index is 1010. The second-order valence-corrected chi connectivity index (χ2v) is 6.70. The molecule has 0 bridgehead atoms. The first-order valence-electron chi connectivity index (χ1n) is 8.93. The molecular formula is C19H20N6O2. The van der Waals surface area contributed by atoms with Crippen LogP contribution in [0.15, 0.2) is 47.8 Å². The van der Waals surface area contributed by atoms with Gasteiger partial charge in [0.05, 0.1) is 16.9 Å². The molecule has 1 aromatic carbocycles. The van der Waals surface area contributed by atoms with E-state index in [2.05, 4.69) is 20.1 Å². The molecule has 0 aliphatic carbocycles. The van der Waals surface area contributed by atoms with E-state index in [1.807, 2.05) is 23.1 Å². The summed E-state index contributed by atoms with van der Waals surface area (Å²) in [5.74, 6) is 0.604. The molecule has 1 saturated heterocycles. The maximum Gasteiger partial charge on any atom is 0.256 e. The van der Waals surface area contributed by atoms with Gasteiger partial charge in [-0.05, 0) is 31.9 Å². The fraction of sp³-hybridized carbons (Fsp3) is 0.316. The second kappa shape index (κ2) is 7.14. The molecule has 4 rings (SSSR count). The molecule has 8 heteroatoms. The maximum absolute atomic E-state index is 13.2. The van der Waals surface area contributed by atoms with Gasteiger partial charge in [-0.3, -0.25) is 9.59 Å². The summed E-state index contributed by atoms with van der Waals surface area (Å²) in [6, 6.07) is 8.91. The van der Waals surface area contributed by atoms with Gasteiger partial charge in [-0.15, -0.1) is 0 Å². The minimum absolute atomic E-state index is 0.0487. The third-order valence-corrected chi connectivity index (χ3v) is 4.81. The highest BCUT2D eigenvalue weighted by atomic mass is 16.2. The van der Waals surface area contributed by atoms with E-state index in [9.17, 15) is 9.59 Å². The molecule has 1 atom stereocenters. The predicted octanol–water partition coefficient (Wildman–Crippen LogP) is 1.68. The molecule has 0 spiro atoms. The SMILES string of the molecule is Cc1nc(C2CCCN(C(=O)c3ccccc3-n3cncn3)C2)cc(=O)[nH]1. The second-order valence-electron chi connectivity index (χ2n) is 6.70. The number of nitrogens with one attached hydrogen (secondary N) is 1. The third-order valence-electron chi connectivity index (χ3n) is 4.81. The van der Waals surface area contributed by atoms with Crippen molar-refractivity contribution in [1.82, 2.24) is 29.6 Å². The van der Waals surface area contributed by atoms with Gasteiger partial charge in [-0.25, -0.2) is 14.6 Å². The number of H-pyrrole nitrogens is 1. The summed E-state index contributed by atoms with van der Waals surface area (Å²) in [5.41, 5.74) is 1.88. The van der Waals surface area contributed by atoms with Crippen LogP contribution in [-0.4, -0.2) is 48.6 Å². The van der Waals surface area contributed by atoms with Crippen LogP contribution in [0.2, 0.25) is 0 Å². The highest BCUT2D eigenvalue weighted by Gasteiger charge is 2.28. The summed E-state index contributed by atoms with van der Waals surface area (Å²) in [7, 11) is 0. The van der Waals surface area contributed by atoms with Crippen molar-refractivity contribution in [3.05, 3.63) is 70.4 Å². The lowest BCUT2D eigenvalue weighted by Crippen LogP contribution is -2.40. The van der Waals surface area contributed by atoms with Crippen molar-refractivity contribution in [2.75, 3.05) is 13.1 Å². The first kappa shape index (κ1) is 17.1. The van der Waals surface area contributed by atoms with Crippen molar-refractivity contribution in [3.8, 4) is 5.69 Å². The van der Waals surface area contributed by atoms with E-state index in [-0.39, 0.29) is 17.4 Å². The van der Waals surface area contributed by atoms with E-state index in [1.54, 1.807) is 24.0 Å². The third kappa shape index (κ3) is 3.51. The van der Waals surface area contributed by atoms with E-state index >= 15 is 0 Å². The van der Waals surface area contributed by atoms with Crippen LogP contribution in [-0.2, 0) is 0 Å². The van der Waals surface area contributed by atoms with Crippen LogP contribution in [0.4, 0.5) is 0 Å². The lowest BCUT2D eigenvalue weighted by atomic mass is 9.94. The van der Waals surface area contributed by atoms with Gasteiger partial charge in [-0.2, -0.15) is 5.10 Å². The quantitative estimate of drug-likeness (QED) is 0.763. The Balaban J connectivity index is 1.61. The van der Waals surface area contributed by atoms with Gasteiger partial charge in [0.1, 0.15) is 18.5 Å². The zero-order valence-electron chi connectivity index (χ0n) is 15.0. The van der Waals surface area contributed by atoms with Crippen molar-refractivity contribution in [2.24, 2.45) is 0 Å². The van der Waals surface area contributed by atoms with Crippen LogP contribution in [0.3, 0.4) is 0 Å². The number of carbonyl (C=O) groups is 1. The number of carbonyl (C=O) groups excluding carboxylic acids is 1. The van der Waals surface area contributed by atoms with E-state index < -0.39 is 0 Å². The lowest BCUT2D eigenvalue weighted by molar-refractivity contribution is 0.0705. The van der Waals surface area contributed by atoms with E-state index in [4.69, 9.17) is 0 Å². The molecular weight excluding hydrogens is 344 g/mol. The Labute approximate surface area is 155 Å². The zero-order chi connectivity index (χ0) is 18.8. The lowest BCUT2D eigenvalue weighted by Gasteiger charge is -2.33. The Hall–Kier alpha value is -3.29. The molecule has 1 unspecified atom stereocenters. The van der Waals surface area contributed by atoms with Crippen LogP contribution in [0, 0.1) is 6.92 Å². The predicted molar refractivity (Wildman–Crippen MR) is 98.8 cm³/mol. The number of aromatic amines is 1. The number of hydrogen-bond acceptors (Lipinski definition) is 5. The first-order chi connectivity index (χ1) is 13.1. The zero-order valence-corrected chi connectivity index (χ0v) is 15.0. The summed E-state index contributed by atoms with van der Waals surface area (Å²) in [4.78, 5) is 37.9. The highest BCUT2D eigenvalue weighted by molar-refractivity contribution is 5.97. The number of likely N-dealkylation sites (tertiary alicyclic amines) is 1. The van der Waals surface area contributed by atoms with Gasteiger partial charge in [0.2, 0.25) is 0 Å². The van der Waals surface area contributed by atoms with Crippen LogP contribution >= 0.6 is 0 Å². The van der Waals surface area contributed by atoms with E-state index in [1.165, 1.54) is 12.4 Å². The molecule has 27 heavy (non-hydrogen) atoms. The molecule has 0 saturated carbocycles. The number of nitrogens with zero attached hydrogens (tertiary/aromatic N) is 5. The van der Waals surface area contributed by atoms with Gasteiger partial charge in [0, 0.05) is 25.1 Å². The molecule has 1 N–H and O–H groups in total. The normalized spacial score (nSPS) is 17.1. The standard InChI is InChI=1S/C19H20N6O2/c1-13-22-16(9-18(26)23-13)14-5-4-8-24(10-14)19(27)15-6-2-3-7-17(15)25-12-20-11-21-25/h2-3,6-7,9,11-12,14H,4-5,8,10H2,1H3,(H,22,23,26). The fourth-order valence-corrected chi connectivity index (χ4v) is 3.57. The maximum atomic E-state index is 13.2. The fourth-order valence-electron chi connectivity index (χ4n) is 3.57.